The SMILES string of the molecule is CCCCCCC/C=C\C/C=C\C/C=C\CCCCCCCCCCC(=O)OC(COCCCCCCCCCCCC)COP(=O)(O)OC1C(O)C(O)C(O)C(O)C1O. The number of phosphoric ester groups is 1. The molecular weight excluding hydrogens is 787 g/mol. The Morgan fingerprint density at radius 2 is 0.933 bits per heavy atom. The Morgan fingerprint density at radius 3 is 1.42 bits per heavy atom. The lowest BCUT2D eigenvalue weighted by atomic mass is 9.85. The van der Waals surface area contributed by atoms with E-state index in [0.717, 1.165) is 64.2 Å². The van der Waals surface area contributed by atoms with Crippen LogP contribution in [0.5, 0.6) is 0 Å². The molecule has 0 saturated heterocycles. The molecule has 1 fully saturated rings. The van der Waals surface area contributed by atoms with Crippen LogP contribution in [0.1, 0.15) is 194 Å². The van der Waals surface area contributed by atoms with Gasteiger partial charge in [0.05, 0.1) is 13.2 Å². The molecule has 1 rings (SSSR count). The first kappa shape index (κ1) is 56.6. The number of carbonyl (C=O) groups excluding carboxylic acids is 1. The summed E-state index contributed by atoms with van der Waals surface area (Å²) in [6.07, 6.45) is 32.2. The first-order valence-electron chi connectivity index (χ1n) is 23.8. The van der Waals surface area contributed by atoms with Crippen molar-refractivity contribution in [3.63, 3.8) is 0 Å². The first-order valence-corrected chi connectivity index (χ1v) is 25.3. The minimum Gasteiger partial charge on any atom is -0.457 e. The minimum atomic E-state index is -5.01. The van der Waals surface area contributed by atoms with Crippen LogP contribution in [0, 0.1) is 0 Å². The van der Waals surface area contributed by atoms with Crippen LogP contribution >= 0.6 is 7.82 Å². The van der Waals surface area contributed by atoms with Crippen molar-refractivity contribution in [2.75, 3.05) is 19.8 Å². The fourth-order valence-electron chi connectivity index (χ4n) is 7.19. The van der Waals surface area contributed by atoms with Gasteiger partial charge in [0.25, 0.3) is 0 Å². The van der Waals surface area contributed by atoms with Crippen LogP contribution in [0.15, 0.2) is 36.5 Å². The summed E-state index contributed by atoms with van der Waals surface area (Å²) >= 11 is 0. The van der Waals surface area contributed by atoms with Crippen molar-refractivity contribution in [2.45, 2.75) is 236 Å². The van der Waals surface area contributed by atoms with Crippen molar-refractivity contribution in [2.24, 2.45) is 0 Å². The number of unbranched alkanes of at least 4 members (excludes halogenated alkanes) is 22. The average molecular weight is 875 g/mol. The predicted octanol–water partition coefficient (Wildman–Crippen LogP) is 9.87. The Morgan fingerprint density at radius 1 is 0.533 bits per heavy atom. The molecular formula is C47H87O12P. The summed E-state index contributed by atoms with van der Waals surface area (Å²) in [4.78, 5) is 23.1. The Hall–Kier alpha value is -1.44. The monoisotopic (exact) mass is 875 g/mol. The second-order valence-electron chi connectivity index (χ2n) is 16.6. The first-order chi connectivity index (χ1) is 29.0. The molecule has 0 amide bonds. The summed E-state index contributed by atoms with van der Waals surface area (Å²) in [5, 5.41) is 50.1. The highest BCUT2D eigenvalue weighted by Gasteiger charge is 2.51. The van der Waals surface area contributed by atoms with Crippen molar-refractivity contribution in [3.05, 3.63) is 36.5 Å². The van der Waals surface area contributed by atoms with E-state index in [9.17, 15) is 39.8 Å². The molecule has 0 spiro atoms. The maximum atomic E-state index is 12.8. The van der Waals surface area contributed by atoms with Crippen LogP contribution in [0.25, 0.3) is 0 Å². The molecule has 352 valence electrons. The fraction of sp³-hybridized carbons (Fsp3) is 0.851. The highest BCUT2D eigenvalue weighted by atomic mass is 31.2. The predicted molar refractivity (Wildman–Crippen MR) is 239 cm³/mol. The number of aliphatic hydroxyl groups excluding tert-OH is 5. The Balaban J connectivity index is 2.33. The lowest BCUT2D eigenvalue weighted by molar-refractivity contribution is -0.220. The van der Waals surface area contributed by atoms with Crippen molar-refractivity contribution in [1.29, 1.82) is 0 Å². The van der Waals surface area contributed by atoms with Crippen molar-refractivity contribution >= 4 is 13.8 Å². The number of ether oxygens (including phenoxy) is 2. The summed E-state index contributed by atoms with van der Waals surface area (Å²) in [6.45, 7) is 4.23. The Bertz CT molecular complexity index is 1130. The van der Waals surface area contributed by atoms with Crippen molar-refractivity contribution < 1.29 is 58.3 Å². The van der Waals surface area contributed by atoms with Gasteiger partial charge in [-0.05, 0) is 51.4 Å². The number of rotatable bonds is 40. The highest BCUT2D eigenvalue weighted by molar-refractivity contribution is 7.47. The van der Waals surface area contributed by atoms with E-state index in [1.165, 1.54) is 103 Å². The molecule has 6 atom stereocenters. The van der Waals surface area contributed by atoms with Gasteiger partial charge in [-0.1, -0.05) is 172 Å². The lowest BCUT2D eigenvalue weighted by Crippen LogP contribution is -2.64. The number of hydrogen-bond donors (Lipinski definition) is 6. The van der Waals surface area contributed by atoms with Crippen molar-refractivity contribution in [3.8, 4) is 0 Å². The van der Waals surface area contributed by atoms with Crippen LogP contribution in [0.3, 0.4) is 0 Å². The molecule has 0 aromatic carbocycles. The topological polar surface area (TPSA) is 192 Å². The smallest absolute Gasteiger partial charge is 0.457 e. The number of allylic oxidation sites excluding steroid dienone is 6. The third kappa shape index (κ3) is 29.8. The average Bonchev–Trinajstić information content (AvgIpc) is 3.23. The van der Waals surface area contributed by atoms with Gasteiger partial charge in [-0.3, -0.25) is 13.8 Å². The minimum absolute atomic E-state index is 0.0779. The molecule has 0 aromatic rings. The summed E-state index contributed by atoms with van der Waals surface area (Å²) < 4.78 is 34.1. The molecule has 1 saturated carbocycles. The van der Waals surface area contributed by atoms with Gasteiger partial charge in [0.15, 0.2) is 0 Å². The van der Waals surface area contributed by atoms with Gasteiger partial charge in [-0.25, -0.2) is 4.57 Å². The molecule has 0 radical (unpaired) electrons. The van der Waals surface area contributed by atoms with E-state index < -0.39 is 63.1 Å². The number of phosphoric acid groups is 1. The van der Waals surface area contributed by atoms with E-state index in [1.807, 2.05) is 0 Å². The summed E-state index contributed by atoms with van der Waals surface area (Å²) in [6, 6.07) is 0. The molecule has 0 heterocycles. The van der Waals surface area contributed by atoms with Gasteiger partial charge in [-0.15, -0.1) is 0 Å². The highest BCUT2D eigenvalue weighted by Crippen LogP contribution is 2.47. The number of hydrogen-bond acceptors (Lipinski definition) is 11. The summed E-state index contributed by atoms with van der Waals surface area (Å²) in [7, 11) is -5.01. The number of esters is 1. The van der Waals surface area contributed by atoms with E-state index in [4.69, 9.17) is 18.5 Å². The zero-order chi connectivity index (χ0) is 44.1. The molecule has 12 nitrogen and oxygen atoms in total. The third-order valence-electron chi connectivity index (χ3n) is 11.0. The quantitative estimate of drug-likeness (QED) is 0.0148. The Kier molecular flexibility index (Phi) is 35.9. The molecule has 6 unspecified atom stereocenters. The van der Waals surface area contributed by atoms with E-state index in [1.54, 1.807) is 0 Å². The normalized spacial score (nSPS) is 22.6. The molecule has 60 heavy (non-hydrogen) atoms. The van der Waals surface area contributed by atoms with E-state index >= 15 is 0 Å². The van der Waals surface area contributed by atoms with Gasteiger partial charge in [-0.2, -0.15) is 0 Å². The summed E-state index contributed by atoms with van der Waals surface area (Å²) in [5.74, 6) is -0.484. The largest absolute Gasteiger partial charge is 0.472 e. The van der Waals surface area contributed by atoms with Crippen LogP contribution < -0.4 is 0 Å². The van der Waals surface area contributed by atoms with Crippen LogP contribution in [-0.2, 0) is 27.9 Å². The van der Waals surface area contributed by atoms with E-state index in [-0.39, 0.29) is 13.0 Å². The van der Waals surface area contributed by atoms with E-state index in [0.29, 0.717) is 13.0 Å². The Labute approximate surface area is 363 Å². The third-order valence-corrected chi connectivity index (χ3v) is 12.0. The van der Waals surface area contributed by atoms with Crippen molar-refractivity contribution in [1.82, 2.24) is 0 Å². The second kappa shape index (κ2) is 38.1. The standard InChI is InChI=1S/C47H87O12P/c1-3-5-7-9-11-13-15-16-17-18-19-20-21-22-23-24-25-26-27-28-30-32-34-36-41(48)58-40(38-56-37-35-33-31-29-14-12-10-8-6-4-2)39-57-60(54,55)59-47-45(52)43(50)42(49)44(51)46(47)53/h15-16,18-19,21-22,40,42-47,49-53H,3-14,17,20,23-39H2,1-2H3,(H,54,55)/b16-15-,19-18-,22-21-. The zero-order valence-corrected chi connectivity index (χ0v) is 38.4. The van der Waals surface area contributed by atoms with Gasteiger partial charge < -0.3 is 39.9 Å². The van der Waals surface area contributed by atoms with Gasteiger partial charge in [0.2, 0.25) is 0 Å². The molecule has 0 bridgehead atoms. The molecule has 13 heteroatoms. The summed E-state index contributed by atoms with van der Waals surface area (Å²) in [5.41, 5.74) is 0. The maximum Gasteiger partial charge on any atom is 0.472 e. The van der Waals surface area contributed by atoms with Crippen LogP contribution in [0.2, 0.25) is 0 Å². The van der Waals surface area contributed by atoms with E-state index in [2.05, 4.69) is 50.3 Å². The maximum absolute atomic E-state index is 12.8. The fourth-order valence-corrected chi connectivity index (χ4v) is 8.16. The molecule has 6 N–H and O–H groups in total. The lowest BCUT2D eigenvalue weighted by Gasteiger charge is -2.41. The molecule has 0 aliphatic heterocycles. The second-order valence-corrected chi connectivity index (χ2v) is 18.0. The molecule has 0 aromatic heterocycles. The van der Waals surface area contributed by atoms with Crippen LogP contribution in [0.4, 0.5) is 0 Å². The zero-order valence-electron chi connectivity index (χ0n) is 37.5. The number of aliphatic hydroxyl groups is 5. The molecule has 1 aliphatic carbocycles. The van der Waals surface area contributed by atoms with Gasteiger partial charge in [0.1, 0.15) is 42.7 Å². The van der Waals surface area contributed by atoms with Gasteiger partial charge in [0, 0.05) is 13.0 Å². The number of carbonyl (C=O) groups is 1. The van der Waals surface area contributed by atoms with Crippen LogP contribution in [-0.4, -0.2) is 98.9 Å². The van der Waals surface area contributed by atoms with Gasteiger partial charge >= 0.3 is 13.8 Å². The molecule has 1 aliphatic rings.